The molecule has 0 amide bonds. The maximum absolute atomic E-state index is 13.7. The molecule has 0 bridgehead atoms. The molecule has 5 rings (SSSR count). The summed E-state index contributed by atoms with van der Waals surface area (Å²) >= 11 is 0. The first kappa shape index (κ1) is 26.4. The van der Waals surface area contributed by atoms with Gasteiger partial charge in [0.15, 0.2) is 5.78 Å². The van der Waals surface area contributed by atoms with Gasteiger partial charge >= 0.3 is 5.97 Å². The van der Waals surface area contributed by atoms with Crippen LogP contribution in [0.5, 0.6) is 5.75 Å². The average Bonchev–Trinajstić information content (AvgIpc) is 2.96. The minimum atomic E-state index is -0.524. The minimum absolute atomic E-state index is 0.0432. The van der Waals surface area contributed by atoms with E-state index in [-0.39, 0.29) is 18.3 Å². The van der Waals surface area contributed by atoms with Crippen LogP contribution in [0.25, 0.3) is 0 Å². The van der Waals surface area contributed by atoms with Crippen molar-refractivity contribution in [3.63, 3.8) is 0 Å². The van der Waals surface area contributed by atoms with Crippen LogP contribution >= 0.6 is 0 Å². The quantitative estimate of drug-likeness (QED) is 0.282. The van der Waals surface area contributed by atoms with Gasteiger partial charge in [0, 0.05) is 36.4 Å². The number of dihydropyridines is 1. The molecular formula is C33H33NO5. The van der Waals surface area contributed by atoms with Gasteiger partial charge in [-0.2, -0.15) is 0 Å². The normalized spacial score (nSPS) is 18.9. The Kier molecular flexibility index (Phi) is 8.23. The highest BCUT2D eigenvalue weighted by Crippen LogP contribution is 2.45. The lowest BCUT2D eigenvalue weighted by Crippen LogP contribution is -2.36. The third kappa shape index (κ3) is 5.96. The SMILES string of the molecule is COCCOC(=O)C1=C(C)NC2=C(C(=O)C[C@@H](c3ccccc3)C2)[C@@H]1c1ccc(OCc2ccccc2)cc1. The van der Waals surface area contributed by atoms with Gasteiger partial charge in [-0.05, 0) is 48.1 Å². The molecule has 200 valence electrons. The van der Waals surface area contributed by atoms with Gasteiger partial charge in [0.25, 0.3) is 0 Å². The number of methoxy groups -OCH3 is 1. The Hall–Kier alpha value is -4.16. The average molecular weight is 524 g/mol. The smallest absolute Gasteiger partial charge is 0.336 e. The van der Waals surface area contributed by atoms with Gasteiger partial charge in [-0.15, -0.1) is 0 Å². The molecule has 1 aliphatic heterocycles. The molecule has 0 aromatic heterocycles. The summed E-state index contributed by atoms with van der Waals surface area (Å²) in [6.45, 7) is 2.77. The monoisotopic (exact) mass is 523 g/mol. The van der Waals surface area contributed by atoms with Crippen LogP contribution in [-0.2, 0) is 25.7 Å². The second-order valence-electron chi connectivity index (χ2n) is 9.90. The lowest BCUT2D eigenvalue weighted by Gasteiger charge is -2.36. The van der Waals surface area contributed by atoms with E-state index in [1.165, 1.54) is 0 Å². The lowest BCUT2D eigenvalue weighted by molar-refractivity contribution is -0.140. The van der Waals surface area contributed by atoms with E-state index in [0.717, 1.165) is 28.1 Å². The van der Waals surface area contributed by atoms with Crippen molar-refractivity contribution in [2.24, 2.45) is 0 Å². The Morgan fingerprint density at radius 2 is 1.56 bits per heavy atom. The van der Waals surface area contributed by atoms with Gasteiger partial charge in [-0.1, -0.05) is 72.8 Å². The fraction of sp³-hybridized carbons (Fsp3) is 0.273. The molecule has 1 heterocycles. The Morgan fingerprint density at radius 1 is 0.872 bits per heavy atom. The zero-order valence-electron chi connectivity index (χ0n) is 22.3. The summed E-state index contributed by atoms with van der Waals surface area (Å²) in [5, 5.41) is 3.40. The predicted molar refractivity (Wildman–Crippen MR) is 149 cm³/mol. The van der Waals surface area contributed by atoms with Gasteiger partial charge < -0.3 is 19.5 Å². The third-order valence-corrected chi connectivity index (χ3v) is 7.30. The molecule has 6 heteroatoms. The number of benzene rings is 3. The molecule has 6 nitrogen and oxygen atoms in total. The van der Waals surface area contributed by atoms with Crippen molar-refractivity contribution < 1.29 is 23.8 Å². The van der Waals surface area contributed by atoms with Crippen molar-refractivity contribution >= 4 is 11.8 Å². The van der Waals surface area contributed by atoms with Crippen molar-refractivity contribution in [3.8, 4) is 5.75 Å². The Bertz CT molecular complexity index is 1380. The molecule has 2 atom stereocenters. The highest BCUT2D eigenvalue weighted by molar-refractivity contribution is 6.04. The molecular weight excluding hydrogens is 490 g/mol. The van der Waals surface area contributed by atoms with Crippen LogP contribution in [-0.4, -0.2) is 32.1 Å². The Balaban J connectivity index is 1.46. The Labute approximate surface area is 229 Å². The third-order valence-electron chi connectivity index (χ3n) is 7.30. The summed E-state index contributed by atoms with van der Waals surface area (Å²) in [7, 11) is 1.56. The predicted octanol–water partition coefficient (Wildman–Crippen LogP) is 5.82. The first-order valence-electron chi connectivity index (χ1n) is 13.3. The van der Waals surface area contributed by atoms with Crippen molar-refractivity contribution in [1.29, 1.82) is 0 Å². The van der Waals surface area contributed by atoms with E-state index < -0.39 is 11.9 Å². The van der Waals surface area contributed by atoms with Crippen LogP contribution in [0.3, 0.4) is 0 Å². The molecule has 39 heavy (non-hydrogen) atoms. The molecule has 0 fully saturated rings. The van der Waals surface area contributed by atoms with E-state index in [1.807, 2.05) is 79.7 Å². The van der Waals surface area contributed by atoms with Crippen molar-refractivity contribution in [3.05, 3.63) is 124 Å². The number of allylic oxidation sites excluding steroid dienone is 3. The van der Waals surface area contributed by atoms with Crippen molar-refractivity contribution in [2.45, 2.75) is 38.2 Å². The number of ether oxygens (including phenoxy) is 3. The largest absolute Gasteiger partial charge is 0.489 e. The van der Waals surface area contributed by atoms with E-state index in [4.69, 9.17) is 14.2 Å². The number of hydrogen-bond acceptors (Lipinski definition) is 6. The summed E-state index contributed by atoms with van der Waals surface area (Å²) in [5.74, 6) is -0.126. The molecule has 0 saturated carbocycles. The van der Waals surface area contributed by atoms with E-state index in [1.54, 1.807) is 7.11 Å². The second-order valence-corrected chi connectivity index (χ2v) is 9.90. The zero-order valence-corrected chi connectivity index (χ0v) is 22.3. The standard InChI is InChI=1S/C33H33NO5/c1-22-30(33(36)38-18-17-37-2)31(25-13-15-27(16-14-25)39-21-23-9-5-3-6-10-23)32-28(34-22)19-26(20-29(32)35)24-11-7-4-8-12-24/h3-16,26,31,34H,17-21H2,1-2H3/t26-,31+/m0/s1. The van der Waals surface area contributed by atoms with E-state index in [9.17, 15) is 9.59 Å². The number of esters is 1. The zero-order chi connectivity index (χ0) is 27.2. The van der Waals surface area contributed by atoms with E-state index in [0.29, 0.717) is 42.9 Å². The first-order chi connectivity index (χ1) is 19.0. The van der Waals surface area contributed by atoms with Gasteiger partial charge in [0.2, 0.25) is 0 Å². The van der Waals surface area contributed by atoms with Crippen molar-refractivity contribution in [1.82, 2.24) is 5.32 Å². The molecule has 0 spiro atoms. The molecule has 2 aliphatic rings. The lowest BCUT2D eigenvalue weighted by atomic mass is 9.72. The minimum Gasteiger partial charge on any atom is -0.489 e. The van der Waals surface area contributed by atoms with Crippen LogP contribution in [0.2, 0.25) is 0 Å². The summed E-state index contributed by atoms with van der Waals surface area (Å²) in [5.41, 5.74) is 5.74. The number of rotatable bonds is 9. The summed E-state index contributed by atoms with van der Waals surface area (Å²) in [4.78, 5) is 27.1. The fourth-order valence-electron chi connectivity index (χ4n) is 5.40. The summed E-state index contributed by atoms with van der Waals surface area (Å²) < 4.78 is 16.6. The van der Waals surface area contributed by atoms with Crippen LogP contribution < -0.4 is 10.1 Å². The molecule has 0 radical (unpaired) electrons. The van der Waals surface area contributed by atoms with Crippen LogP contribution in [0, 0.1) is 0 Å². The molecule has 3 aromatic carbocycles. The molecule has 1 N–H and O–H groups in total. The van der Waals surface area contributed by atoms with E-state index >= 15 is 0 Å². The van der Waals surface area contributed by atoms with Crippen LogP contribution in [0.15, 0.2) is 107 Å². The number of nitrogens with one attached hydrogen (secondary N) is 1. The number of ketones is 1. The fourth-order valence-corrected chi connectivity index (χ4v) is 5.40. The summed E-state index contributed by atoms with van der Waals surface area (Å²) in [6, 6.07) is 27.8. The second kappa shape index (κ2) is 12.1. The van der Waals surface area contributed by atoms with Gasteiger partial charge in [-0.25, -0.2) is 4.79 Å². The van der Waals surface area contributed by atoms with Gasteiger partial charge in [-0.3, -0.25) is 4.79 Å². The Morgan fingerprint density at radius 3 is 2.26 bits per heavy atom. The van der Waals surface area contributed by atoms with E-state index in [2.05, 4.69) is 17.4 Å². The number of Topliss-reactive ketones (excluding diaryl/α,β-unsaturated/α-hetero) is 1. The van der Waals surface area contributed by atoms with Gasteiger partial charge in [0.1, 0.15) is 19.0 Å². The number of hydrogen-bond donors (Lipinski definition) is 1. The molecule has 0 unspecified atom stereocenters. The molecule has 1 aliphatic carbocycles. The van der Waals surface area contributed by atoms with Crippen molar-refractivity contribution in [2.75, 3.05) is 20.3 Å². The number of carbonyl (C=O) groups excluding carboxylic acids is 2. The highest BCUT2D eigenvalue weighted by atomic mass is 16.6. The van der Waals surface area contributed by atoms with Crippen LogP contribution in [0.4, 0.5) is 0 Å². The van der Waals surface area contributed by atoms with Gasteiger partial charge in [0.05, 0.1) is 12.2 Å². The topological polar surface area (TPSA) is 73.9 Å². The maximum Gasteiger partial charge on any atom is 0.336 e. The summed E-state index contributed by atoms with van der Waals surface area (Å²) in [6.07, 6.45) is 1.09. The highest BCUT2D eigenvalue weighted by Gasteiger charge is 2.41. The maximum atomic E-state index is 13.7. The first-order valence-corrected chi connectivity index (χ1v) is 13.3. The van der Waals surface area contributed by atoms with Crippen LogP contribution in [0.1, 0.15) is 48.3 Å². The molecule has 0 saturated heterocycles. The molecule has 3 aromatic rings. The number of carbonyl (C=O) groups is 2.